The first kappa shape index (κ1) is 13.3. The van der Waals surface area contributed by atoms with Gasteiger partial charge < -0.3 is 14.4 Å². The summed E-state index contributed by atoms with van der Waals surface area (Å²) in [6, 6.07) is 14.2. The smallest absolute Gasteiger partial charge is 0.161 e. The fraction of sp³-hybridized carbons (Fsp3) is 0.250. The molecule has 20 heavy (non-hydrogen) atoms. The Bertz CT molecular complexity index is 598. The van der Waals surface area contributed by atoms with Crippen LogP contribution in [0.2, 0.25) is 0 Å². The minimum Gasteiger partial charge on any atom is -0.494 e. The Kier molecular flexibility index (Phi) is 3.83. The SMILES string of the molecule is CCOc1ccc(N2COc3ccc(Br)cc3C2)cc1. The van der Waals surface area contributed by atoms with Crippen molar-refractivity contribution in [3.8, 4) is 11.5 Å². The highest BCUT2D eigenvalue weighted by molar-refractivity contribution is 9.10. The van der Waals surface area contributed by atoms with Crippen LogP contribution in [-0.4, -0.2) is 13.3 Å². The van der Waals surface area contributed by atoms with E-state index in [0.29, 0.717) is 13.3 Å². The summed E-state index contributed by atoms with van der Waals surface area (Å²) in [7, 11) is 0. The van der Waals surface area contributed by atoms with E-state index in [1.165, 1.54) is 5.56 Å². The van der Waals surface area contributed by atoms with E-state index in [1.54, 1.807) is 0 Å². The van der Waals surface area contributed by atoms with E-state index < -0.39 is 0 Å². The number of rotatable bonds is 3. The molecule has 0 N–H and O–H groups in total. The molecule has 2 aromatic rings. The molecule has 4 heteroatoms. The summed E-state index contributed by atoms with van der Waals surface area (Å²) in [6.07, 6.45) is 0. The molecule has 0 aromatic heterocycles. The average molecular weight is 334 g/mol. The molecule has 0 fully saturated rings. The first-order chi connectivity index (χ1) is 9.76. The topological polar surface area (TPSA) is 21.7 Å². The third-order valence-electron chi connectivity index (χ3n) is 3.27. The third-order valence-corrected chi connectivity index (χ3v) is 3.77. The molecular formula is C16H16BrNO2. The van der Waals surface area contributed by atoms with Crippen molar-refractivity contribution < 1.29 is 9.47 Å². The predicted molar refractivity (Wildman–Crippen MR) is 83.4 cm³/mol. The lowest BCUT2D eigenvalue weighted by Gasteiger charge is -2.31. The Morgan fingerprint density at radius 1 is 1.20 bits per heavy atom. The van der Waals surface area contributed by atoms with Crippen molar-refractivity contribution in [2.45, 2.75) is 13.5 Å². The van der Waals surface area contributed by atoms with Gasteiger partial charge in [0, 0.05) is 22.3 Å². The highest BCUT2D eigenvalue weighted by atomic mass is 79.9. The summed E-state index contributed by atoms with van der Waals surface area (Å²) in [5, 5.41) is 0. The van der Waals surface area contributed by atoms with Gasteiger partial charge in [0.05, 0.1) is 6.61 Å². The quantitative estimate of drug-likeness (QED) is 0.840. The van der Waals surface area contributed by atoms with Gasteiger partial charge in [-0.2, -0.15) is 0 Å². The highest BCUT2D eigenvalue weighted by Gasteiger charge is 2.17. The molecule has 0 radical (unpaired) electrons. The van der Waals surface area contributed by atoms with Crippen LogP contribution >= 0.6 is 15.9 Å². The fourth-order valence-corrected chi connectivity index (χ4v) is 2.71. The Morgan fingerprint density at radius 3 is 2.75 bits per heavy atom. The second-order valence-electron chi connectivity index (χ2n) is 4.65. The Labute approximate surface area is 127 Å². The lowest BCUT2D eigenvalue weighted by molar-refractivity contribution is 0.289. The monoisotopic (exact) mass is 333 g/mol. The molecule has 104 valence electrons. The number of halogens is 1. The van der Waals surface area contributed by atoms with Crippen molar-refractivity contribution in [3.05, 3.63) is 52.5 Å². The van der Waals surface area contributed by atoms with Crippen molar-refractivity contribution in [1.82, 2.24) is 0 Å². The first-order valence-corrected chi connectivity index (χ1v) is 7.44. The summed E-state index contributed by atoms with van der Waals surface area (Å²) < 4.78 is 12.3. The molecule has 0 saturated carbocycles. The van der Waals surface area contributed by atoms with Gasteiger partial charge in [-0.25, -0.2) is 0 Å². The lowest BCUT2D eigenvalue weighted by Crippen LogP contribution is -2.31. The number of benzene rings is 2. The zero-order valence-electron chi connectivity index (χ0n) is 11.3. The normalized spacial score (nSPS) is 13.6. The van der Waals surface area contributed by atoms with Crippen LogP contribution in [0, 0.1) is 0 Å². The van der Waals surface area contributed by atoms with Gasteiger partial charge in [0.15, 0.2) is 6.73 Å². The number of nitrogens with zero attached hydrogens (tertiary/aromatic N) is 1. The van der Waals surface area contributed by atoms with Gasteiger partial charge >= 0.3 is 0 Å². The minimum absolute atomic E-state index is 0.572. The van der Waals surface area contributed by atoms with Crippen LogP contribution in [0.4, 0.5) is 5.69 Å². The molecule has 2 aromatic carbocycles. The lowest BCUT2D eigenvalue weighted by atomic mass is 10.1. The van der Waals surface area contributed by atoms with Gasteiger partial charge in [0.1, 0.15) is 11.5 Å². The Morgan fingerprint density at radius 2 is 2.00 bits per heavy atom. The molecule has 0 spiro atoms. The fourth-order valence-electron chi connectivity index (χ4n) is 2.30. The minimum atomic E-state index is 0.572. The largest absolute Gasteiger partial charge is 0.494 e. The standard InChI is InChI=1S/C16H16BrNO2/c1-2-19-15-6-4-14(5-7-15)18-10-12-9-13(17)3-8-16(12)20-11-18/h3-9H,2,10-11H2,1H3. The van der Waals surface area contributed by atoms with E-state index in [-0.39, 0.29) is 0 Å². The van der Waals surface area contributed by atoms with Crippen LogP contribution < -0.4 is 14.4 Å². The molecule has 0 amide bonds. The molecule has 3 nitrogen and oxygen atoms in total. The van der Waals surface area contributed by atoms with Gasteiger partial charge in [-0.3, -0.25) is 0 Å². The second-order valence-corrected chi connectivity index (χ2v) is 5.57. The van der Waals surface area contributed by atoms with E-state index >= 15 is 0 Å². The first-order valence-electron chi connectivity index (χ1n) is 6.65. The molecule has 1 heterocycles. The maximum atomic E-state index is 5.80. The van der Waals surface area contributed by atoms with Gasteiger partial charge in [0.25, 0.3) is 0 Å². The van der Waals surface area contributed by atoms with Gasteiger partial charge in [-0.05, 0) is 49.4 Å². The van der Waals surface area contributed by atoms with Crippen molar-refractivity contribution in [1.29, 1.82) is 0 Å². The maximum absolute atomic E-state index is 5.80. The molecule has 0 atom stereocenters. The van der Waals surface area contributed by atoms with Crippen molar-refractivity contribution in [2.24, 2.45) is 0 Å². The summed E-state index contributed by atoms with van der Waals surface area (Å²) in [6.45, 7) is 4.10. The summed E-state index contributed by atoms with van der Waals surface area (Å²) in [5.74, 6) is 1.87. The van der Waals surface area contributed by atoms with Gasteiger partial charge in [-0.15, -0.1) is 0 Å². The highest BCUT2D eigenvalue weighted by Crippen LogP contribution is 2.31. The molecule has 0 bridgehead atoms. The predicted octanol–water partition coefficient (Wildman–Crippen LogP) is 4.20. The van der Waals surface area contributed by atoms with E-state index in [0.717, 1.165) is 28.2 Å². The summed E-state index contributed by atoms with van der Waals surface area (Å²) >= 11 is 3.50. The number of fused-ring (bicyclic) bond motifs is 1. The number of anilines is 1. The third kappa shape index (κ3) is 2.75. The zero-order chi connectivity index (χ0) is 13.9. The number of hydrogen-bond acceptors (Lipinski definition) is 3. The van der Waals surface area contributed by atoms with Crippen molar-refractivity contribution in [3.63, 3.8) is 0 Å². The average Bonchev–Trinajstić information content (AvgIpc) is 2.47. The Hall–Kier alpha value is -1.68. The summed E-state index contributed by atoms with van der Waals surface area (Å²) in [4.78, 5) is 2.20. The van der Waals surface area contributed by atoms with Crippen molar-refractivity contribution >= 4 is 21.6 Å². The zero-order valence-corrected chi connectivity index (χ0v) is 12.9. The number of hydrogen-bond donors (Lipinski definition) is 0. The van der Waals surface area contributed by atoms with Crippen LogP contribution in [0.3, 0.4) is 0 Å². The van der Waals surface area contributed by atoms with Crippen LogP contribution in [0.5, 0.6) is 11.5 Å². The molecule has 1 aliphatic heterocycles. The van der Waals surface area contributed by atoms with E-state index in [4.69, 9.17) is 9.47 Å². The molecule has 3 rings (SSSR count). The summed E-state index contributed by atoms with van der Waals surface area (Å²) in [5.41, 5.74) is 2.33. The van der Waals surface area contributed by atoms with Gasteiger partial charge in [0.2, 0.25) is 0 Å². The molecule has 0 aliphatic carbocycles. The van der Waals surface area contributed by atoms with Crippen LogP contribution in [0.25, 0.3) is 0 Å². The van der Waals surface area contributed by atoms with Crippen LogP contribution in [-0.2, 0) is 6.54 Å². The molecule has 1 aliphatic rings. The Balaban J connectivity index is 1.79. The van der Waals surface area contributed by atoms with Crippen LogP contribution in [0.15, 0.2) is 46.9 Å². The van der Waals surface area contributed by atoms with Gasteiger partial charge in [-0.1, -0.05) is 15.9 Å². The molecular weight excluding hydrogens is 318 g/mol. The van der Waals surface area contributed by atoms with Crippen molar-refractivity contribution in [2.75, 3.05) is 18.2 Å². The molecule has 0 unspecified atom stereocenters. The second kappa shape index (κ2) is 5.75. The van der Waals surface area contributed by atoms with E-state index in [1.807, 2.05) is 31.2 Å². The molecule has 0 saturated heterocycles. The number of ether oxygens (including phenoxy) is 2. The van der Waals surface area contributed by atoms with E-state index in [2.05, 4.69) is 39.0 Å². The van der Waals surface area contributed by atoms with Crippen LogP contribution in [0.1, 0.15) is 12.5 Å². The van der Waals surface area contributed by atoms with E-state index in [9.17, 15) is 0 Å². The maximum Gasteiger partial charge on any atom is 0.161 e.